The maximum atomic E-state index is 10.9. The molecule has 1 saturated heterocycles. The lowest BCUT2D eigenvalue weighted by Crippen LogP contribution is -2.53. The summed E-state index contributed by atoms with van der Waals surface area (Å²) in [6.07, 6.45) is 2.33. The second kappa shape index (κ2) is 2.54. The van der Waals surface area contributed by atoms with Gasteiger partial charge in [0.05, 0.1) is 11.8 Å². The summed E-state index contributed by atoms with van der Waals surface area (Å²) >= 11 is 11.0. The van der Waals surface area contributed by atoms with E-state index in [1.165, 1.54) is 0 Å². The zero-order valence-electron chi connectivity index (χ0n) is 5.62. The van der Waals surface area contributed by atoms with Crippen molar-refractivity contribution in [1.29, 1.82) is 0 Å². The van der Waals surface area contributed by atoms with Crippen molar-refractivity contribution in [3.63, 3.8) is 0 Å². The molecule has 11 heavy (non-hydrogen) atoms. The molecule has 0 aromatic carbocycles. The summed E-state index contributed by atoms with van der Waals surface area (Å²) in [5, 5.41) is 0.993. The monoisotopic (exact) mass is 207 g/mol. The average molecular weight is 208 g/mol. The topological polar surface area (TPSA) is 20.3 Å². The van der Waals surface area contributed by atoms with Gasteiger partial charge in [-0.05, 0) is 11.2 Å². The van der Waals surface area contributed by atoms with Gasteiger partial charge < -0.3 is 4.90 Å². The lowest BCUT2D eigenvalue weighted by Gasteiger charge is -2.41. The number of rotatable bonds is 0. The van der Waals surface area contributed by atoms with Crippen molar-refractivity contribution in [2.45, 2.75) is 11.8 Å². The van der Waals surface area contributed by atoms with Gasteiger partial charge in [0.25, 0.3) is 0 Å². The SMILES string of the molecule is O=C1CC2N1C=C(Cl)CS2=S. The van der Waals surface area contributed by atoms with E-state index in [0.717, 1.165) is 5.75 Å². The van der Waals surface area contributed by atoms with Crippen molar-refractivity contribution in [3.8, 4) is 0 Å². The Labute approximate surface area is 76.8 Å². The van der Waals surface area contributed by atoms with Gasteiger partial charge in [-0.3, -0.25) is 4.79 Å². The van der Waals surface area contributed by atoms with Crippen LogP contribution in [0.3, 0.4) is 0 Å². The van der Waals surface area contributed by atoms with Gasteiger partial charge >= 0.3 is 0 Å². The first-order valence-electron chi connectivity index (χ1n) is 3.23. The van der Waals surface area contributed by atoms with Gasteiger partial charge in [-0.15, -0.1) is 0 Å². The smallest absolute Gasteiger partial charge is 0.230 e. The Morgan fingerprint density at radius 2 is 2.55 bits per heavy atom. The van der Waals surface area contributed by atoms with E-state index in [4.69, 9.17) is 22.8 Å². The number of β-lactam (4-membered cyclic amide) rings is 1. The molecular weight excluding hydrogens is 202 g/mol. The Hall–Kier alpha value is 0.0700. The molecule has 2 unspecified atom stereocenters. The minimum Gasteiger partial charge on any atom is -0.304 e. The molecule has 60 valence electrons. The Morgan fingerprint density at radius 1 is 1.82 bits per heavy atom. The number of amides is 1. The maximum absolute atomic E-state index is 10.9. The van der Waals surface area contributed by atoms with E-state index in [1.807, 2.05) is 0 Å². The molecule has 0 radical (unpaired) electrons. The number of halogens is 1. The summed E-state index contributed by atoms with van der Waals surface area (Å²) in [5.74, 6) is 0.918. The molecule has 2 rings (SSSR count). The van der Waals surface area contributed by atoms with E-state index in [-0.39, 0.29) is 20.7 Å². The number of hydrogen-bond donors (Lipinski definition) is 0. The summed E-state index contributed by atoms with van der Waals surface area (Å²) in [6.45, 7) is 0. The highest BCUT2D eigenvalue weighted by Crippen LogP contribution is 2.29. The fraction of sp³-hybridized carbons (Fsp3) is 0.500. The van der Waals surface area contributed by atoms with Gasteiger partial charge in [-0.2, -0.15) is 0 Å². The number of carbonyl (C=O) groups excluding carboxylic acids is 1. The fourth-order valence-electron chi connectivity index (χ4n) is 1.20. The Bertz CT molecular complexity index is 276. The molecule has 0 aliphatic carbocycles. The largest absolute Gasteiger partial charge is 0.304 e. The van der Waals surface area contributed by atoms with Crippen LogP contribution in [-0.2, 0) is 25.4 Å². The van der Waals surface area contributed by atoms with E-state index in [0.29, 0.717) is 11.5 Å². The highest BCUT2D eigenvalue weighted by molar-refractivity contribution is 8.29. The van der Waals surface area contributed by atoms with Crippen LogP contribution in [0.2, 0.25) is 0 Å². The molecule has 0 bridgehead atoms. The van der Waals surface area contributed by atoms with Gasteiger partial charge in [0.1, 0.15) is 0 Å². The Kier molecular flexibility index (Phi) is 1.78. The summed E-state index contributed by atoms with van der Waals surface area (Å²) in [4.78, 5) is 12.6. The predicted octanol–water partition coefficient (Wildman–Crippen LogP) is 0.719. The van der Waals surface area contributed by atoms with Crippen LogP contribution in [-0.4, -0.2) is 21.9 Å². The normalized spacial score (nSPS) is 35.9. The van der Waals surface area contributed by atoms with Crippen molar-refractivity contribution in [2.75, 3.05) is 5.75 Å². The van der Waals surface area contributed by atoms with E-state index in [2.05, 4.69) is 0 Å². The highest BCUT2D eigenvalue weighted by atomic mass is 35.5. The molecule has 0 N–H and O–H groups in total. The van der Waals surface area contributed by atoms with E-state index < -0.39 is 0 Å². The summed E-state index contributed by atoms with van der Waals surface area (Å²) in [7, 11) is -0.141. The van der Waals surface area contributed by atoms with Crippen LogP contribution in [0.5, 0.6) is 0 Å². The zero-order valence-corrected chi connectivity index (χ0v) is 8.01. The van der Waals surface area contributed by atoms with Gasteiger partial charge in [-0.1, -0.05) is 21.1 Å². The van der Waals surface area contributed by atoms with Crippen LogP contribution >= 0.6 is 11.6 Å². The van der Waals surface area contributed by atoms with Crippen LogP contribution < -0.4 is 0 Å². The van der Waals surface area contributed by atoms with E-state index >= 15 is 0 Å². The molecule has 0 saturated carbocycles. The van der Waals surface area contributed by atoms with Crippen molar-refractivity contribution < 1.29 is 4.79 Å². The Morgan fingerprint density at radius 3 is 3.18 bits per heavy atom. The molecule has 0 spiro atoms. The van der Waals surface area contributed by atoms with Crippen molar-refractivity contribution in [1.82, 2.24) is 4.90 Å². The van der Waals surface area contributed by atoms with E-state index in [1.54, 1.807) is 11.1 Å². The highest BCUT2D eigenvalue weighted by Gasteiger charge is 2.39. The third-order valence-corrected chi connectivity index (χ3v) is 4.82. The average Bonchev–Trinajstić information content (AvgIpc) is 1.93. The molecule has 0 aromatic rings. The second-order valence-electron chi connectivity index (χ2n) is 2.56. The quantitative estimate of drug-likeness (QED) is 0.546. The van der Waals surface area contributed by atoms with Crippen LogP contribution in [0, 0.1) is 0 Å². The lowest BCUT2D eigenvalue weighted by molar-refractivity contribution is -0.137. The van der Waals surface area contributed by atoms with Gasteiger partial charge in [0.2, 0.25) is 5.91 Å². The van der Waals surface area contributed by atoms with Crippen molar-refractivity contribution >= 4 is 38.2 Å². The molecular formula is C6H6ClNOS2. The Balaban J connectivity index is 2.29. The van der Waals surface area contributed by atoms with Crippen molar-refractivity contribution in [3.05, 3.63) is 11.2 Å². The van der Waals surface area contributed by atoms with Gasteiger partial charge in [-0.25, -0.2) is 0 Å². The standard InChI is InChI=1S/C6H6ClNOS2/c7-4-2-8-5(9)1-6(8)11(10)3-4/h2,6H,1,3H2. The molecule has 0 aromatic heterocycles. The molecule has 2 atom stereocenters. The third kappa shape index (κ3) is 1.13. The van der Waals surface area contributed by atoms with Crippen LogP contribution in [0.15, 0.2) is 11.2 Å². The zero-order chi connectivity index (χ0) is 8.01. The molecule has 5 heteroatoms. The van der Waals surface area contributed by atoms with Gasteiger partial charge in [0, 0.05) is 17.0 Å². The first-order chi connectivity index (χ1) is 5.18. The number of carbonyl (C=O) groups is 1. The molecule has 2 aliphatic heterocycles. The minimum atomic E-state index is -0.141. The molecule has 2 aliphatic rings. The van der Waals surface area contributed by atoms with Crippen molar-refractivity contribution in [2.24, 2.45) is 0 Å². The molecule has 2 nitrogen and oxygen atoms in total. The fourth-order valence-corrected chi connectivity index (χ4v) is 4.01. The predicted molar refractivity (Wildman–Crippen MR) is 48.8 cm³/mol. The number of nitrogens with zero attached hydrogens (tertiary/aromatic N) is 1. The number of hydrogen-bond acceptors (Lipinski definition) is 2. The van der Waals surface area contributed by atoms with Crippen LogP contribution in [0.1, 0.15) is 6.42 Å². The molecule has 1 amide bonds. The molecule has 2 heterocycles. The lowest BCUT2D eigenvalue weighted by atomic mass is 10.2. The first-order valence-corrected chi connectivity index (χ1v) is 5.99. The third-order valence-electron chi connectivity index (χ3n) is 1.81. The summed E-state index contributed by atoms with van der Waals surface area (Å²) in [6, 6.07) is 0. The van der Waals surface area contributed by atoms with Crippen LogP contribution in [0.25, 0.3) is 0 Å². The van der Waals surface area contributed by atoms with Gasteiger partial charge in [0.15, 0.2) is 0 Å². The number of fused-ring (bicyclic) bond motifs is 1. The van der Waals surface area contributed by atoms with E-state index in [9.17, 15) is 4.79 Å². The second-order valence-corrected chi connectivity index (χ2v) is 5.93. The summed E-state index contributed by atoms with van der Waals surface area (Å²) in [5.41, 5.74) is 0. The maximum Gasteiger partial charge on any atom is 0.230 e. The summed E-state index contributed by atoms with van der Waals surface area (Å²) < 4.78 is 0. The first kappa shape index (κ1) is 7.71. The minimum absolute atomic E-state index is 0.141. The van der Waals surface area contributed by atoms with Crippen LogP contribution in [0.4, 0.5) is 0 Å². The molecule has 1 fully saturated rings.